The van der Waals surface area contributed by atoms with E-state index in [0.717, 1.165) is 50.0 Å². The van der Waals surface area contributed by atoms with E-state index in [9.17, 15) is 9.59 Å². The number of ether oxygens (including phenoxy) is 2. The molecule has 1 N–H and O–H groups in total. The summed E-state index contributed by atoms with van der Waals surface area (Å²) in [6.45, 7) is 3.86. The molecule has 2 aromatic carbocycles. The summed E-state index contributed by atoms with van der Waals surface area (Å²) in [4.78, 5) is 32.4. The standard InChI is InChI=1S/C33H37N3O5/c1-21-16-28-32(38)27-13-12-24(18-29(27)41-33(28)30(17-21)40-26-8-5-15-36(2)20-26)39-25-11-9-22(34-19-25)10-14-31(37)35-23-6-3-4-7-23/h9,11-13,16-19,23,26H,3-8,10,14-15,20H2,1-2H3,(H,35,37). The lowest BCUT2D eigenvalue weighted by atomic mass is 10.1. The van der Waals surface area contributed by atoms with Crippen LogP contribution in [0.15, 0.2) is 57.9 Å². The summed E-state index contributed by atoms with van der Waals surface area (Å²) >= 11 is 0. The third-order valence-corrected chi connectivity index (χ3v) is 8.09. The van der Waals surface area contributed by atoms with Crippen molar-refractivity contribution in [3.8, 4) is 17.2 Å². The molecule has 1 aliphatic carbocycles. The van der Waals surface area contributed by atoms with Crippen molar-refractivity contribution in [2.75, 3.05) is 20.1 Å². The molecule has 1 amide bonds. The Morgan fingerprint density at radius 3 is 2.66 bits per heavy atom. The maximum atomic E-state index is 13.4. The molecule has 214 valence electrons. The van der Waals surface area contributed by atoms with Crippen LogP contribution in [0.3, 0.4) is 0 Å². The molecular weight excluding hydrogens is 518 g/mol. The van der Waals surface area contributed by atoms with Crippen molar-refractivity contribution in [2.45, 2.75) is 70.4 Å². The van der Waals surface area contributed by atoms with E-state index in [1.165, 1.54) is 12.8 Å². The first-order chi connectivity index (χ1) is 19.9. The van der Waals surface area contributed by atoms with Gasteiger partial charge in [-0.15, -0.1) is 0 Å². The van der Waals surface area contributed by atoms with Gasteiger partial charge in [0.2, 0.25) is 11.3 Å². The zero-order chi connectivity index (χ0) is 28.3. The zero-order valence-corrected chi connectivity index (χ0v) is 23.8. The van der Waals surface area contributed by atoms with Gasteiger partial charge in [-0.25, -0.2) is 0 Å². The Labute approximate surface area is 239 Å². The highest BCUT2D eigenvalue weighted by atomic mass is 16.5. The lowest BCUT2D eigenvalue weighted by molar-refractivity contribution is -0.121. The van der Waals surface area contributed by atoms with E-state index in [4.69, 9.17) is 13.9 Å². The number of rotatable bonds is 8. The van der Waals surface area contributed by atoms with Gasteiger partial charge in [-0.2, -0.15) is 0 Å². The van der Waals surface area contributed by atoms with Crippen LogP contribution in [-0.2, 0) is 11.2 Å². The van der Waals surface area contributed by atoms with Gasteiger partial charge in [0.15, 0.2) is 11.3 Å². The van der Waals surface area contributed by atoms with E-state index in [0.29, 0.717) is 58.1 Å². The van der Waals surface area contributed by atoms with Gasteiger partial charge in [0, 0.05) is 30.8 Å². The van der Waals surface area contributed by atoms with Crippen molar-refractivity contribution in [2.24, 2.45) is 0 Å². The summed E-state index contributed by atoms with van der Waals surface area (Å²) in [7, 11) is 2.10. The maximum Gasteiger partial charge on any atom is 0.220 e. The van der Waals surface area contributed by atoms with Gasteiger partial charge in [0.1, 0.15) is 23.2 Å². The number of nitrogens with one attached hydrogen (secondary N) is 1. The molecule has 2 aromatic heterocycles. The van der Waals surface area contributed by atoms with Crippen molar-refractivity contribution < 1.29 is 18.7 Å². The number of piperidine rings is 1. The summed E-state index contributed by atoms with van der Waals surface area (Å²) in [6.07, 6.45) is 9.29. The number of fused-ring (bicyclic) bond motifs is 2. The average molecular weight is 556 g/mol. The molecule has 1 atom stereocenters. The Morgan fingerprint density at radius 2 is 1.88 bits per heavy atom. The highest BCUT2D eigenvalue weighted by molar-refractivity contribution is 5.93. The van der Waals surface area contributed by atoms with Crippen molar-refractivity contribution >= 4 is 27.8 Å². The molecule has 0 bridgehead atoms. The fourth-order valence-electron chi connectivity index (χ4n) is 5.96. The first-order valence-electron chi connectivity index (χ1n) is 14.7. The van der Waals surface area contributed by atoms with E-state index in [2.05, 4.69) is 22.2 Å². The van der Waals surface area contributed by atoms with Gasteiger partial charge in [-0.1, -0.05) is 12.8 Å². The van der Waals surface area contributed by atoms with Crippen LogP contribution in [0.25, 0.3) is 21.9 Å². The monoisotopic (exact) mass is 555 g/mol. The SMILES string of the molecule is Cc1cc(OC2CCCN(C)C2)c2oc3cc(Oc4ccc(CCC(=O)NC5CCCC5)nc4)ccc3c(=O)c2c1. The second kappa shape index (κ2) is 11.9. The van der Waals surface area contributed by atoms with E-state index in [1.54, 1.807) is 24.4 Å². The summed E-state index contributed by atoms with van der Waals surface area (Å²) in [5.74, 6) is 1.78. The van der Waals surface area contributed by atoms with Crippen LogP contribution in [0.5, 0.6) is 17.2 Å². The zero-order valence-electron chi connectivity index (χ0n) is 23.8. The average Bonchev–Trinajstić information content (AvgIpc) is 3.46. The molecule has 1 saturated carbocycles. The number of pyridine rings is 1. The number of amides is 1. The van der Waals surface area contributed by atoms with Crippen LogP contribution in [0, 0.1) is 6.92 Å². The minimum atomic E-state index is -0.0925. The van der Waals surface area contributed by atoms with Crippen LogP contribution in [-0.4, -0.2) is 48.1 Å². The highest BCUT2D eigenvalue weighted by Crippen LogP contribution is 2.32. The predicted octanol–water partition coefficient (Wildman–Crippen LogP) is 5.91. The third kappa shape index (κ3) is 6.38. The number of hydrogen-bond acceptors (Lipinski definition) is 7. The van der Waals surface area contributed by atoms with E-state index in [1.807, 2.05) is 31.2 Å². The van der Waals surface area contributed by atoms with Crippen LogP contribution < -0.4 is 20.2 Å². The Balaban J connectivity index is 1.18. The smallest absolute Gasteiger partial charge is 0.220 e. The Kier molecular flexibility index (Phi) is 7.92. The molecule has 2 fully saturated rings. The van der Waals surface area contributed by atoms with Crippen LogP contribution in [0.2, 0.25) is 0 Å². The van der Waals surface area contributed by atoms with E-state index < -0.39 is 0 Å². The molecule has 1 saturated heterocycles. The van der Waals surface area contributed by atoms with Crippen molar-refractivity contribution in [1.29, 1.82) is 0 Å². The summed E-state index contributed by atoms with van der Waals surface area (Å²) in [5, 5.41) is 4.12. The van der Waals surface area contributed by atoms with Crippen molar-refractivity contribution in [3.63, 3.8) is 0 Å². The quantitative estimate of drug-likeness (QED) is 0.270. The van der Waals surface area contributed by atoms with E-state index >= 15 is 0 Å². The molecule has 0 spiro atoms. The van der Waals surface area contributed by atoms with Crippen LogP contribution in [0.4, 0.5) is 0 Å². The van der Waals surface area contributed by atoms with E-state index in [-0.39, 0.29) is 17.4 Å². The van der Waals surface area contributed by atoms with Gasteiger partial charge in [-0.3, -0.25) is 14.6 Å². The molecule has 4 aromatic rings. The second-order valence-electron chi connectivity index (χ2n) is 11.5. The summed E-state index contributed by atoms with van der Waals surface area (Å²) in [6, 6.07) is 13.1. The fourth-order valence-corrected chi connectivity index (χ4v) is 5.96. The molecule has 8 heteroatoms. The lowest BCUT2D eigenvalue weighted by Gasteiger charge is -2.30. The molecule has 8 nitrogen and oxygen atoms in total. The van der Waals surface area contributed by atoms with Gasteiger partial charge >= 0.3 is 0 Å². The highest BCUT2D eigenvalue weighted by Gasteiger charge is 2.22. The minimum Gasteiger partial charge on any atom is -0.485 e. The topological polar surface area (TPSA) is 93.9 Å². The Hall–Kier alpha value is -3.91. The molecule has 3 heterocycles. The number of carbonyl (C=O) groups excluding carboxylic acids is 1. The molecule has 6 rings (SSSR count). The predicted molar refractivity (Wildman–Crippen MR) is 159 cm³/mol. The largest absolute Gasteiger partial charge is 0.485 e. The first kappa shape index (κ1) is 27.3. The molecule has 0 radical (unpaired) electrons. The maximum absolute atomic E-state index is 13.4. The second-order valence-corrected chi connectivity index (χ2v) is 11.5. The number of hydrogen-bond donors (Lipinski definition) is 1. The number of benzene rings is 2. The third-order valence-electron chi connectivity index (χ3n) is 8.09. The van der Waals surface area contributed by atoms with Crippen LogP contribution in [0.1, 0.15) is 56.2 Å². The van der Waals surface area contributed by atoms with Crippen molar-refractivity contribution in [3.05, 3.63) is 70.1 Å². The Morgan fingerprint density at radius 1 is 1.05 bits per heavy atom. The number of nitrogens with zero attached hydrogens (tertiary/aromatic N) is 2. The van der Waals surface area contributed by atoms with Crippen LogP contribution >= 0.6 is 0 Å². The molecule has 2 aliphatic rings. The normalized spacial score (nSPS) is 18.1. The number of likely N-dealkylation sites (tertiary alicyclic amines) is 1. The molecule has 1 unspecified atom stereocenters. The first-order valence-corrected chi connectivity index (χ1v) is 14.7. The number of carbonyl (C=O) groups is 1. The summed E-state index contributed by atoms with van der Waals surface area (Å²) in [5.41, 5.74) is 2.59. The number of aryl methyl sites for hydroxylation is 2. The van der Waals surface area contributed by atoms with Crippen molar-refractivity contribution in [1.82, 2.24) is 15.2 Å². The molecular formula is C33H37N3O5. The van der Waals surface area contributed by atoms with Gasteiger partial charge < -0.3 is 24.1 Å². The molecule has 1 aliphatic heterocycles. The number of likely N-dealkylation sites (N-methyl/N-ethyl adjacent to an activating group) is 1. The summed E-state index contributed by atoms with van der Waals surface area (Å²) < 4.78 is 18.7. The number of aromatic nitrogens is 1. The Bertz CT molecular complexity index is 1610. The van der Waals surface area contributed by atoms with Gasteiger partial charge in [0.25, 0.3) is 0 Å². The molecule has 41 heavy (non-hydrogen) atoms. The fraction of sp³-hybridized carbons (Fsp3) is 0.424. The lowest BCUT2D eigenvalue weighted by Crippen LogP contribution is -2.38. The van der Waals surface area contributed by atoms with Gasteiger partial charge in [0.05, 0.1) is 17.0 Å². The minimum absolute atomic E-state index is 0.0477. The van der Waals surface area contributed by atoms with Gasteiger partial charge in [-0.05, 0) is 94.6 Å².